The SMILES string of the molecule is Cc1ccc(C2NCCS2)cc1C. The molecule has 1 aromatic carbocycles. The average molecular weight is 193 g/mol. The van der Waals surface area contributed by atoms with Crippen LogP contribution in [0.15, 0.2) is 18.2 Å². The topological polar surface area (TPSA) is 12.0 Å². The Hall–Kier alpha value is -0.470. The first-order chi connectivity index (χ1) is 6.27. The molecule has 0 saturated carbocycles. The summed E-state index contributed by atoms with van der Waals surface area (Å²) in [4.78, 5) is 0. The standard InChI is InChI=1S/C11H15NS/c1-8-3-4-10(7-9(8)2)11-12-5-6-13-11/h3-4,7,11-12H,5-6H2,1-2H3. The van der Waals surface area contributed by atoms with Crippen LogP contribution in [0.5, 0.6) is 0 Å². The van der Waals surface area contributed by atoms with Crippen LogP contribution in [0.4, 0.5) is 0 Å². The van der Waals surface area contributed by atoms with E-state index in [0.29, 0.717) is 5.37 Å². The van der Waals surface area contributed by atoms with Crippen molar-refractivity contribution in [1.29, 1.82) is 0 Å². The van der Waals surface area contributed by atoms with Crippen molar-refractivity contribution in [2.75, 3.05) is 12.3 Å². The van der Waals surface area contributed by atoms with E-state index < -0.39 is 0 Å². The van der Waals surface area contributed by atoms with Crippen molar-refractivity contribution < 1.29 is 0 Å². The second kappa shape index (κ2) is 3.72. The molecule has 0 aliphatic carbocycles. The molecule has 1 N–H and O–H groups in total. The number of benzene rings is 1. The summed E-state index contributed by atoms with van der Waals surface area (Å²) in [5, 5.41) is 4.01. The Labute approximate surface area is 83.9 Å². The monoisotopic (exact) mass is 193 g/mol. The van der Waals surface area contributed by atoms with Crippen molar-refractivity contribution in [1.82, 2.24) is 5.32 Å². The molecule has 1 aliphatic heterocycles. The number of hydrogen-bond acceptors (Lipinski definition) is 2. The van der Waals surface area contributed by atoms with Gasteiger partial charge in [0, 0.05) is 12.3 Å². The van der Waals surface area contributed by atoms with Crippen molar-refractivity contribution in [2.45, 2.75) is 19.2 Å². The highest BCUT2D eigenvalue weighted by Gasteiger charge is 2.16. The van der Waals surface area contributed by atoms with Crippen LogP contribution in [0, 0.1) is 13.8 Å². The lowest BCUT2D eigenvalue weighted by Gasteiger charge is -2.11. The van der Waals surface area contributed by atoms with Crippen molar-refractivity contribution in [3.05, 3.63) is 34.9 Å². The normalized spacial score (nSPS) is 22.2. The van der Waals surface area contributed by atoms with Crippen molar-refractivity contribution in [3.63, 3.8) is 0 Å². The summed E-state index contributed by atoms with van der Waals surface area (Å²) >= 11 is 2.00. The molecule has 0 amide bonds. The Kier molecular flexibility index (Phi) is 2.61. The zero-order valence-electron chi connectivity index (χ0n) is 8.13. The largest absolute Gasteiger partial charge is 0.301 e. The van der Waals surface area contributed by atoms with Gasteiger partial charge in [-0.15, -0.1) is 11.8 Å². The van der Waals surface area contributed by atoms with Gasteiger partial charge >= 0.3 is 0 Å². The predicted molar refractivity (Wildman–Crippen MR) is 59.1 cm³/mol. The van der Waals surface area contributed by atoms with Gasteiger partial charge in [0.25, 0.3) is 0 Å². The van der Waals surface area contributed by atoms with Gasteiger partial charge in [0.1, 0.15) is 0 Å². The fourth-order valence-electron chi connectivity index (χ4n) is 1.57. The zero-order valence-corrected chi connectivity index (χ0v) is 8.95. The molecule has 0 radical (unpaired) electrons. The molecule has 1 fully saturated rings. The van der Waals surface area contributed by atoms with Crippen LogP contribution in [0.1, 0.15) is 22.1 Å². The summed E-state index contributed by atoms with van der Waals surface area (Å²) in [6.07, 6.45) is 0. The van der Waals surface area contributed by atoms with Gasteiger partial charge in [-0.1, -0.05) is 18.2 Å². The Morgan fingerprint density at radius 2 is 2.15 bits per heavy atom. The average Bonchev–Trinajstić information content (AvgIpc) is 2.62. The van der Waals surface area contributed by atoms with Crippen molar-refractivity contribution in [2.24, 2.45) is 0 Å². The quantitative estimate of drug-likeness (QED) is 0.736. The van der Waals surface area contributed by atoms with E-state index in [4.69, 9.17) is 0 Å². The van der Waals surface area contributed by atoms with Crippen LogP contribution < -0.4 is 5.32 Å². The van der Waals surface area contributed by atoms with Crippen molar-refractivity contribution >= 4 is 11.8 Å². The molecule has 1 atom stereocenters. The minimum Gasteiger partial charge on any atom is -0.301 e. The van der Waals surface area contributed by atoms with Gasteiger partial charge in [0.2, 0.25) is 0 Å². The molecule has 70 valence electrons. The number of nitrogens with one attached hydrogen (secondary N) is 1. The molecule has 0 bridgehead atoms. The van der Waals surface area contributed by atoms with Gasteiger partial charge < -0.3 is 5.32 Å². The molecular formula is C11H15NS. The summed E-state index contributed by atoms with van der Waals surface area (Å²) in [6.45, 7) is 5.48. The lowest BCUT2D eigenvalue weighted by molar-refractivity contribution is 0.750. The molecule has 1 saturated heterocycles. The fourth-order valence-corrected chi connectivity index (χ4v) is 2.61. The maximum Gasteiger partial charge on any atom is 0.0790 e. The van der Waals surface area contributed by atoms with E-state index in [1.165, 1.54) is 22.4 Å². The third-order valence-corrected chi connectivity index (χ3v) is 3.76. The highest BCUT2D eigenvalue weighted by atomic mass is 32.2. The number of aryl methyl sites for hydroxylation is 2. The molecule has 1 aromatic rings. The second-order valence-electron chi connectivity index (χ2n) is 3.55. The highest BCUT2D eigenvalue weighted by Crippen LogP contribution is 2.30. The maximum atomic E-state index is 3.48. The van der Waals surface area contributed by atoms with Crippen LogP contribution in [-0.2, 0) is 0 Å². The van der Waals surface area contributed by atoms with E-state index in [2.05, 4.69) is 37.4 Å². The summed E-state index contributed by atoms with van der Waals surface area (Å²) in [7, 11) is 0. The van der Waals surface area contributed by atoms with Crippen LogP contribution in [0.2, 0.25) is 0 Å². The van der Waals surface area contributed by atoms with Crippen LogP contribution >= 0.6 is 11.8 Å². The molecule has 0 aromatic heterocycles. The molecular weight excluding hydrogens is 178 g/mol. The van der Waals surface area contributed by atoms with E-state index in [1.54, 1.807) is 0 Å². The molecule has 0 spiro atoms. The predicted octanol–water partition coefficient (Wildman–Crippen LogP) is 2.64. The summed E-state index contributed by atoms with van der Waals surface area (Å²) in [5.74, 6) is 1.23. The smallest absolute Gasteiger partial charge is 0.0790 e. The molecule has 13 heavy (non-hydrogen) atoms. The maximum absolute atomic E-state index is 3.48. The van der Waals surface area contributed by atoms with E-state index in [1.807, 2.05) is 11.8 Å². The Bertz CT molecular complexity index is 303. The first-order valence-electron chi connectivity index (χ1n) is 4.69. The summed E-state index contributed by atoms with van der Waals surface area (Å²) in [6, 6.07) is 6.74. The Balaban J connectivity index is 2.25. The molecule has 1 nitrogen and oxygen atoms in total. The minimum absolute atomic E-state index is 0.527. The van der Waals surface area contributed by atoms with Crippen LogP contribution in [-0.4, -0.2) is 12.3 Å². The third kappa shape index (κ3) is 1.89. The zero-order chi connectivity index (χ0) is 9.26. The van der Waals surface area contributed by atoms with Crippen LogP contribution in [0.25, 0.3) is 0 Å². The number of rotatable bonds is 1. The van der Waals surface area contributed by atoms with E-state index in [-0.39, 0.29) is 0 Å². The van der Waals surface area contributed by atoms with E-state index >= 15 is 0 Å². The van der Waals surface area contributed by atoms with E-state index in [0.717, 1.165) is 6.54 Å². The van der Waals surface area contributed by atoms with Gasteiger partial charge in [-0.3, -0.25) is 0 Å². The summed E-state index contributed by atoms with van der Waals surface area (Å²) < 4.78 is 0. The highest BCUT2D eigenvalue weighted by molar-refractivity contribution is 7.99. The molecule has 1 unspecified atom stereocenters. The van der Waals surface area contributed by atoms with Gasteiger partial charge in [0.15, 0.2) is 0 Å². The molecule has 1 heterocycles. The van der Waals surface area contributed by atoms with Crippen LogP contribution in [0.3, 0.4) is 0 Å². The lowest BCUT2D eigenvalue weighted by Crippen LogP contribution is -2.12. The Morgan fingerprint density at radius 3 is 2.77 bits per heavy atom. The molecule has 2 heteroatoms. The minimum atomic E-state index is 0.527. The second-order valence-corrected chi connectivity index (χ2v) is 4.76. The summed E-state index contributed by atoms with van der Waals surface area (Å²) in [5.41, 5.74) is 4.20. The number of thioether (sulfide) groups is 1. The lowest BCUT2D eigenvalue weighted by atomic mass is 10.1. The third-order valence-electron chi connectivity index (χ3n) is 2.55. The molecule has 1 aliphatic rings. The first kappa shape index (κ1) is 9.10. The van der Waals surface area contributed by atoms with Gasteiger partial charge in [-0.2, -0.15) is 0 Å². The van der Waals surface area contributed by atoms with Gasteiger partial charge in [0.05, 0.1) is 5.37 Å². The Morgan fingerprint density at radius 1 is 1.31 bits per heavy atom. The van der Waals surface area contributed by atoms with Crippen molar-refractivity contribution in [3.8, 4) is 0 Å². The molecule has 2 rings (SSSR count). The number of hydrogen-bond donors (Lipinski definition) is 1. The van der Waals surface area contributed by atoms with Gasteiger partial charge in [-0.05, 0) is 30.5 Å². The van der Waals surface area contributed by atoms with Gasteiger partial charge in [-0.25, -0.2) is 0 Å². The first-order valence-corrected chi connectivity index (χ1v) is 5.74. The fraction of sp³-hybridized carbons (Fsp3) is 0.455. The van der Waals surface area contributed by atoms with E-state index in [9.17, 15) is 0 Å².